The van der Waals surface area contributed by atoms with Gasteiger partial charge in [0.25, 0.3) is 5.82 Å². The molecule has 0 unspecified atom stereocenters. The molecule has 2 rings (SSSR count). The van der Waals surface area contributed by atoms with E-state index in [0.717, 1.165) is 6.54 Å². The molecule has 5 heteroatoms. The van der Waals surface area contributed by atoms with Gasteiger partial charge in [-0.1, -0.05) is 24.3 Å². The fourth-order valence-electron chi connectivity index (χ4n) is 1.79. The van der Waals surface area contributed by atoms with Gasteiger partial charge >= 0.3 is 0 Å². The third-order valence-electron chi connectivity index (χ3n) is 2.72. The Kier molecular flexibility index (Phi) is 3.70. The Hall–Kier alpha value is -2.19. The molecule has 2 aromatic rings. The molecule has 0 N–H and O–H groups in total. The van der Waals surface area contributed by atoms with Crippen LogP contribution >= 0.6 is 0 Å². The lowest BCUT2D eigenvalue weighted by Crippen LogP contribution is -2.22. The van der Waals surface area contributed by atoms with E-state index < -0.39 is 0 Å². The molecule has 0 fully saturated rings. The second kappa shape index (κ2) is 5.43. The summed E-state index contributed by atoms with van der Waals surface area (Å²) in [6.45, 7) is 3.56. The standard InChI is InChI=1S/C13H15N5/c1-11-5-3-4-6-12(11)8-17(2)10-18-9-15-13(7-14)16-18/h3-6,9H,8,10H2,1-2H3. The van der Waals surface area contributed by atoms with E-state index in [1.807, 2.05) is 25.2 Å². The summed E-state index contributed by atoms with van der Waals surface area (Å²) in [6.07, 6.45) is 1.58. The number of rotatable bonds is 4. The van der Waals surface area contributed by atoms with Crippen molar-refractivity contribution in [3.05, 3.63) is 47.5 Å². The minimum atomic E-state index is 0.208. The first-order valence-electron chi connectivity index (χ1n) is 5.71. The molecule has 0 amide bonds. The highest BCUT2D eigenvalue weighted by atomic mass is 15.4. The fourth-order valence-corrected chi connectivity index (χ4v) is 1.79. The summed E-state index contributed by atoms with van der Waals surface area (Å²) >= 11 is 0. The van der Waals surface area contributed by atoms with Crippen LogP contribution in [0.2, 0.25) is 0 Å². The molecule has 0 aliphatic heterocycles. The van der Waals surface area contributed by atoms with E-state index in [2.05, 4.69) is 34.0 Å². The van der Waals surface area contributed by atoms with Crippen LogP contribution in [0.4, 0.5) is 0 Å². The Bertz CT molecular complexity index is 567. The number of hydrogen-bond donors (Lipinski definition) is 0. The molecular weight excluding hydrogens is 226 g/mol. The predicted octanol–water partition coefficient (Wildman–Crippen LogP) is 1.55. The summed E-state index contributed by atoms with van der Waals surface area (Å²) in [5.41, 5.74) is 2.57. The topological polar surface area (TPSA) is 57.7 Å². The van der Waals surface area contributed by atoms with Crippen LogP contribution in [0.3, 0.4) is 0 Å². The van der Waals surface area contributed by atoms with Gasteiger partial charge < -0.3 is 0 Å². The van der Waals surface area contributed by atoms with Crippen molar-refractivity contribution in [2.24, 2.45) is 0 Å². The van der Waals surface area contributed by atoms with E-state index in [9.17, 15) is 0 Å². The van der Waals surface area contributed by atoms with Crippen molar-refractivity contribution in [1.29, 1.82) is 5.26 Å². The van der Waals surface area contributed by atoms with Crippen molar-refractivity contribution in [2.75, 3.05) is 7.05 Å². The second-order valence-electron chi connectivity index (χ2n) is 4.30. The molecule has 0 spiro atoms. The van der Waals surface area contributed by atoms with Crippen molar-refractivity contribution in [2.45, 2.75) is 20.1 Å². The molecule has 5 nitrogen and oxygen atoms in total. The maximum absolute atomic E-state index is 8.65. The van der Waals surface area contributed by atoms with E-state index in [-0.39, 0.29) is 5.82 Å². The fraction of sp³-hybridized carbons (Fsp3) is 0.308. The predicted molar refractivity (Wildman–Crippen MR) is 67.4 cm³/mol. The van der Waals surface area contributed by atoms with Gasteiger partial charge in [-0.3, -0.25) is 4.90 Å². The normalized spacial score (nSPS) is 10.6. The molecule has 0 radical (unpaired) electrons. The average Bonchev–Trinajstić information content (AvgIpc) is 2.80. The van der Waals surface area contributed by atoms with Gasteiger partial charge in [0.1, 0.15) is 12.4 Å². The lowest BCUT2D eigenvalue weighted by atomic mass is 10.1. The van der Waals surface area contributed by atoms with Crippen LogP contribution in [0.5, 0.6) is 0 Å². The minimum Gasteiger partial charge on any atom is -0.283 e. The molecule has 0 aliphatic carbocycles. The van der Waals surface area contributed by atoms with Gasteiger partial charge in [0.05, 0.1) is 6.67 Å². The average molecular weight is 241 g/mol. The summed E-state index contributed by atoms with van der Waals surface area (Å²) in [6, 6.07) is 10.2. The third kappa shape index (κ3) is 2.93. The Morgan fingerprint density at radius 3 is 2.83 bits per heavy atom. The first kappa shape index (κ1) is 12.3. The maximum atomic E-state index is 8.65. The number of nitriles is 1. The van der Waals surface area contributed by atoms with E-state index >= 15 is 0 Å². The molecule has 18 heavy (non-hydrogen) atoms. The van der Waals surface area contributed by atoms with Crippen molar-refractivity contribution in [3.8, 4) is 6.07 Å². The molecule has 0 saturated carbocycles. The second-order valence-corrected chi connectivity index (χ2v) is 4.30. The molecule has 0 saturated heterocycles. The van der Waals surface area contributed by atoms with Gasteiger partial charge in [-0.2, -0.15) is 5.26 Å². The summed E-state index contributed by atoms with van der Waals surface area (Å²) in [4.78, 5) is 6.00. The minimum absolute atomic E-state index is 0.208. The molecule has 0 aliphatic rings. The lowest BCUT2D eigenvalue weighted by Gasteiger charge is -2.17. The van der Waals surface area contributed by atoms with Gasteiger partial charge in [-0.05, 0) is 25.1 Å². The van der Waals surface area contributed by atoms with E-state index in [0.29, 0.717) is 6.67 Å². The molecule has 92 valence electrons. The molecule has 1 aromatic carbocycles. The maximum Gasteiger partial charge on any atom is 0.252 e. The Morgan fingerprint density at radius 1 is 1.39 bits per heavy atom. The summed E-state index contributed by atoms with van der Waals surface area (Å²) in [5.74, 6) is 0.208. The van der Waals surface area contributed by atoms with E-state index in [1.165, 1.54) is 11.1 Å². The van der Waals surface area contributed by atoms with Crippen LogP contribution in [0.25, 0.3) is 0 Å². The first-order valence-corrected chi connectivity index (χ1v) is 5.71. The highest BCUT2D eigenvalue weighted by Gasteiger charge is 2.05. The van der Waals surface area contributed by atoms with E-state index in [4.69, 9.17) is 5.26 Å². The van der Waals surface area contributed by atoms with Crippen molar-refractivity contribution >= 4 is 0 Å². The van der Waals surface area contributed by atoms with Crippen molar-refractivity contribution in [3.63, 3.8) is 0 Å². The van der Waals surface area contributed by atoms with Crippen LogP contribution in [0, 0.1) is 18.3 Å². The van der Waals surface area contributed by atoms with Crippen molar-refractivity contribution in [1.82, 2.24) is 19.7 Å². The van der Waals surface area contributed by atoms with Crippen LogP contribution in [0.15, 0.2) is 30.6 Å². The number of hydrogen-bond acceptors (Lipinski definition) is 4. The Labute approximate surface area is 106 Å². The van der Waals surface area contributed by atoms with Gasteiger partial charge in [0.15, 0.2) is 0 Å². The number of aryl methyl sites for hydroxylation is 1. The van der Waals surface area contributed by atoms with Crippen molar-refractivity contribution < 1.29 is 0 Å². The molecule has 0 atom stereocenters. The Balaban J connectivity index is 1.99. The number of aromatic nitrogens is 3. The Morgan fingerprint density at radius 2 is 2.17 bits per heavy atom. The van der Waals surface area contributed by atoms with Crippen LogP contribution in [-0.2, 0) is 13.2 Å². The lowest BCUT2D eigenvalue weighted by molar-refractivity contribution is 0.245. The summed E-state index contributed by atoms with van der Waals surface area (Å²) < 4.78 is 1.66. The SMILES string of the molecule is Cc1ccccc1CN(C)Cn1cnc(C#N)n1. The molecule has 1 heterocycles. The number of nitrogens with zero attached hydrogens (tertiary/aromatic N) is 5. The third-order valence-corrected chi connectivity index (χ3v) is 2.72. The van der Waals surface area contributed by atoms with Gasteiger partial charge in [0, 0.05) is 6.54 Å². The molecular formula is C13H15N5. The zero-order valence-corrected chi connectivity index (χ0v) is 10.5. The van der Waals surface area contributed by atoms with Crippen LogP contribution < -0.4 is 0 Å². The van der Waals surface area contributed by atoms with Crippen LogP contribution in [0.1, 0.15) is 17.0 Å². The van der Waals surface area contributed by atoms with Gasteiger partial charge in [0.2, 0.25) is 0 Å². The quantitative estimate of drug-likeness (QED) is 0.815. The number of benzene rings is 1. The largest absolute Gasteiger partial charge is 0.283 e. The van der Waals surface area contributed by atoms with Gasteiger partial charge in [-0.15, -0.1) is 5.10 Å². The molecule has 1 aromatic heterocycles. The highest BCUT2D eigenvalue weighted by molar-refractivity contribution is 5.25. The summed E-state index contributed by atoms with van der Waals surface area (Å²) in [5, 5.41) is 12.7. The zero-order valence-electron chi connectivity index (χ0n) is 10.5. The smallest absolute Gasteiger partial charge is 0.252 e. The first-order chi connectivity index (χ1) is 8.69. The molecule has 0 bridgehead atoms. The highest BCUT2D eigenvalue weighted by Crippen LogP contribution is 2.09. The van der Waals surface area contributed by atoms with E-state index in [1.54, 1.807) is 11.0 Å². The summed E-state index contributed by atoms with van der Waals surface area (Å²) in [7, 11) is 2.01. The zero-order chi connectivity index (χ0) is 13.0. The van der Waals surface area contributed by atoms with Crippen LogP contribution in [-0.4, -0.2) is 26.7 Å². The van der Waals surface area contributed by atoms with Gasteiger partial charge in [-0.25, -0.2) is 9.67 Å². The monoisotopic (exact) mass is 241 g/mol.